The van der Waals surface area contributed by atoms with Gasteiger partial charge in [-0.3, -0.25) is 0 Å². The molecule has 1 aliphatic rings. The fourth-order valence-corrected chi connectivity index (χ4v) is 2.17. The molecule has 0 radical (unpaired) electrons. The van der Waals surface area contributed by atoms with E-state index in [1.165, 1.54) is 12.8 Å². The average Bonchev–Trinajstić information content (AvgIpc) is 3.24. The molecule has 0 unspecified atom stereocenters. The van der Waals surface area contributed by atoms with Gasteiger partial charge in [0.25, 0.3) is 0 Å². The minimum atomic E-state index is 0.618. The van der Waals surface area contributed by atoms with Crippen molar-refractivity contribution < 1.29 is 4.74 Å². The van der Waals surface area contributed by atoms with Gasteiger partial charge in [0, 0.05) is 12.6 Å². The van der Waals surface area contributed by atoms with Gasteiger partial charge in [0.1, 0.15) is 11.8 Å². The molecule has 1 saturated carbocycles. The molecular weight excluding hydrogens is 224 g/mol. The summed E-state index contributed by atoms with van der Waals surface area (Å²) in [5.74, 6) is 0.703. The Bertz CT molecular complexity index is 421. The van der Waals surface area contributed by atoms with Crippen LogP contribution in [0.2, 0.25) is 0 Å². The van der Waals surface area contributed by atoms with Crippen LogP contribution in [0.1, 0.15) is 31.7 Å². The summed E-state index contributed by atoms with van der Waals surface area (Å²) in [6, 6.07) is 10.4. The standard InChI is InChI=1S/C15H20N2O/c1-2-17(14-8-9-14)10-5-11-18-15-7-4-3-6-13(15)12-16/h3-4,6-7,14H,2,5,8-11H2,1H3. The van der Waals surface area contributed by atoms with Crippen LogP contribution in [0.25, 0.3) is 0 Å². The Morgan fingerprint density at radius 2 is 2.17 bits per heavy atom. The fourth-order valence-electron chi connectivity index (χ4n) is 2.17. The minimum absolute atomic E-state index is 0.618. The van der Waals surface area contributed by atoms with E-state index in [4.69, 9.17) is 10.00 Å². The zero-order valence-corrected chi connectivity index (χ0v) is 10.9. The fraction of sp³-hybridized carbons (Fsp3) is 0.533. The summed E-state index contributed by atoms with van der Waals surface area (Å²) >= 11 is 0. The van der Waals surface area contributed by atoms with Gasteiger partial charge in [0.2, 0.25) is 0 Å². The summed E-state index contributed by atoms with van der Waals surface area (Å²) in [7, 11) is 0. The van der Waals surface area contributed by atoms with Gasteiger partial charge in [0.15, 0.2) is 0 Å². The molecule has 2 rings (SSSR count). The maximum Gasteiger partial charge on any atom is 0.137 e. The Balaban J connectivity index is 1.73. The van der Waals surface area contributed by atoms with Gasteiger partial charge >= 0.3 is 0 Å². The van der Waals surface area contributed by atoms with Gasteiger partial charge in [-0.2, -0.15) is 5.26 Å². The van der Waals surface area contributed by atoms with E-state index in [0.717, 1.165) is 25.6 Å². The molecule has 96 valence electrons. The third kappa shape index (κ3) is 3.48. The van der Waals surface area contributed by atoms with Gasteiger partial charge in [-0.25, -0.2) is 0 Å². The predicted molar refractivity (Wildman–Crippen MR) is 71.5 cm³/mol. The highest BCUT2D eigenvalue weighted by Crippen LogP contribution is 2.26. The number of benzene rings is 1. The molecule has 0 aromatic heterocycles. The van der Waals surface area contributed by atoms with E-state index in [1.54, 1.807) is 6.07 Å². The molecule has 0 spiro atoms. The van der Waals surface area contributed by atoms with Crippen molar-refractivity contribution in [2.24, 2.45) is 0 Å². The molecule has 1 aromatic rings. The molecular formula is C15H20N2O. The second kappa shape index (κ2) is 6.42. The molecule has 3 heteroatoms. The first kappa shape index (κ1) is 12.9. The first-order valence-corrected chi connectivity index (χ1v) is 6.71. The Hall–Kier alpha value is -1.53. The number of para-hydroxylation sites is 1. The van der Waals surface area contributed by atoms with E-state index in [9.17, 15) is 0 Å². The van der Waals surface area contributed by atoms with Gasteiger partial charge in [-0.1, -0.05) is 19.1 Å². The van der Waals surface area contributed by atoms with Crippen LogP contribution < -0.4 is 4.74 Å². The molecule has 0 saturated heterocycles. The van der Waals surface area contributed by atoms with Gasteiger partial charge in [0.05, 0.1) is 12.2 Å². The van der Waals surface area contributed by atoms with Crippen LogP contribution in [0.3, 0.4) is 0 Å². The second-order valence-electron chi connectivity index (χ2n) is 4.67. The largest absolute Gasteiger partial charge is 0.492 e. The van der Waals surface area contributed by atoms with Crippen molar-refractivity contribution in [1.29, 1.82) is 5.26 Å². The monoisotopic (exact) mass is 244 g/mol. The molecule has 1 aliphatic carbocycles. The van der Waals surface area contributed by atoms with Gasteiger partial charge < -0.3 is 9.64 Å². The third-order valence-corrected chi connectivity index (χ3v) is 3.32. The molecule has 0 aliphatic heterocycles. The van der Waals surface area contributed by atoms with Gasteiger partial charge in [-0.05, 0) is 37.9 Å². The van der Waals surface area contributed by atoms with Crippen molar-refractivity contribution in [1.82, 2.24) is 4.90 Å². The van der Waals surface area contributed by atoms with Crippen molar-refractivity contribution in [3.8, 4) is 11.8 Å². The van der Waals surface area contributed by atoms with Crippen LogP contribution in [0, 0.1) is 11.3 Å². The van der Waals surface area contributed by atoms with E-state index in [2.05, 4.69) is 17.9 Å². The minimum Gasteiger partial charge on any atom is -0.492 e. The van der Waals surface area contributed by atoms with Gasteiger partial charge in [-0.15, -0.1) is 0 Å². The molecule has 0 heterocycles. The summed E-state index contributed by atoms with van der Waals surface area (Å²) in [5, 5.41) is 8.94. The smallest absolute Gasteiger partial charge is 0.137 e. The Labute approximate surface area is 109 Å². The van der Waals surface area contributed by atoms with Crippen molar-refractivity contribution in [2.45, 2.75) is 32.2 Å². The molecule has 3 nitrogen and oxygen atoms in total. The topological polar surface area (TPSA) is 36.3 Å². The lowest BCUT2D eigenvalue weighted by atomic mass is 10.2. The molecule has 0 N–H and O–H groups in total. The van der Waals surface area contributed by atoms with Crippen molar-refractivity contribution >= 4 is 0 Å². The Kier molecular flexibility index (Phi) is 4.60. The molecule has 1 aromatic carbocycles. The lowest BCUT2D eigenvalue weighted by Crippen LogP contribution is -2.27. The third-order valence-electron chi connectivity index (χ3n) is 3.32. The molecule has 0 bridgehead atoms. The van der Waals surface area contributed by atoms with Crippen LogP contribution in [0.5, 0.6) is 5.75 Å². The number of ether oxygens (including phenoxy) is 1. The Morgan fingerprint density at radius 3 is 2.83 bits per heavy atom. The van der Waals surface area contributed by atoms with Crippen molar-refractivity contribution in [2.75, 3.05) is 19.7 Å². The number of nitriles is 1. The first-order valence-electron chi connectivity index (χ1n) is 6.71. The summed E-state index contributed by atoms with van der Waals surface area (Å²) in [4.78, 5) is 2.51. The average molecular weight is 244 g/mol. The molecule has 1 fully saturated rings. The highest BCUT2D eigenvalue weighted by atomic mass is 16.5. The van der Waals surface area contributed by atoms with E-state index in [1.807, 2.05) is 18.2 Å². The van der Waals surface area contributed by atoms with Crippen molar-refractivity contribution in [3.63, 3.8) is 0 Å². The lowest BCUT2D eigenvalue weighted by Gasteiger charge is -2.19. The van der Waals surface area contributed by atoms with E-state index < -0.39 is 0 Å². The zero-order chi connectivity index (χ0) is 12.8. The second-order valence-corrected chi connectivity index (χ2v) is 4.67. The predicted octanol–water partition coefficient (Wildman–Crippen LogP) is 2.81. The SMILES string of the molecule is CCN(CCCOc1ccccc1C#N)C1CC1. The number of hydrogen-bond donors (Lipinski definition) is 0. The molecule has 0 amide bonds. The Morgan fingerprint density at radius 1 is 1.39 bits per heavy atom. The number of nitrogens with zero attached hydrogens (tertiary/aromatic N) is 2. The van der Waals surface area contributed by atoms with E-state index in [0.29, 0.717) is 17.9 Å². The van der Waals surface area contributed by atoms with Crippen LogP contribution in [0.15, 0.2) is 24.3 Å². The quantitative estimate of drug-likeness (QED) is 0.692. The number of hydrogen-bond acceptors (Lipinski definition) is 3. The molecule has 0 atom stereocenters. The van der Waals surface area contributed by atoms with E-state index >= 15 is 0 Å². The van der Waals surface area contributed by atoms with Crippen LogP contribution in [0.4, 0.5) is 0 Å². The summed E-state index contributed by atoms with van der Waals surface area (Å²) in [6.45, 7) is 5.11. The van der Waals surface area contributed by atoms with Crippen molar-refractivity contribution in [3.05, 3.63) is 29.8 Å². The molecule has 18 heavy (non-hydrogen) atoms. The maximum absolute atomic E-state index is 8.94. The lowest BCUT2D eigenvalue weighted by molar-refractivity contribution is 0.235. The highest BCUT2D eigenvalue weighted by molar-refractivity contribution is 5.42. The summed E-state index contributed by atoms with van der Waals surface area (Å²) in [6.07, 6.45) is 3.72. The first-order chi connectivity index (χ1) is 8.85. The normalized spacial score (nSPS) is 14.5. The number of rotatable bonds is 7. The highest BCUT2D eigenvalue weighted by Gasteiger charge is 2.27. The summed E-state index contributed by atoms with van der Waals surface area (Å²) in [5.41, 5.74) is 0.618. The van der Waals surface area contributed by atoms with Crippen LogP contribution in [-0.2, 0) is 0 Å². The van der Waals surface area contributed by atoms with Crippen LogP contribution >= 0.6 is 0 Å². The summed E-state index contributed by atoms with van der Waals surface area (Å²) < 4.78 is 5.67. The van der Waals surface area contributed by atoms with Crippen LogP contribution in [-0.4, -0.2) is 30.6 Å². The van der Waals surface area contributed by atoms with E-state index in [-0.39, 0.29) is 0 Å². The maximum atomic E-state index is 8.94. The zero-order valence-electron chi connectivity index (χ0n) is 10.9.